The highest BCUT2D eigenvalue weighted by Gasteiger charge is 2.12. The number of nitrogens with one attached hydrogen (secondary N) is 1. The lowest BCUT2D eigenvalue weighted by atomic mass is 10.1. The first-order valence-electron chi connectivity index (χ1n) is 7.01. The molecular formula is C18H18FNO2. The van der Waals surface area contributed by atoms with Crippen molar-refractivity contribution in [1.29, 1.82) is 0 Å². The van der Waals surface area contributed by atoms with Gasteiger partial charge in [0.2, 0.25) is 5.91 Å². The Morgan fingerprint density at radius 2 is 2.05 bits per heavy atom. The Morgan fingerprint density at radius 1 is 1.27 bits per heavy atom. The number of aliphatic hydroxyl groups excluding tert-OH is 1. The summed E-state index contributed by atoms with van der Waals surface area (Å²) in [5.74, 6) is -0.823. The predicted molar refractivity (Wildman–Crippen MR) is 84.6 cm³/mol. The van der Waals surface area contributed by atoms with E-state index >= 15 is 0 Å². The summed E-state index contributed by atoms with van der Waals surface area (Å²) in [6.07, 6.45) is 2.01. The Labute approximate surface area is 129 Å². The first-order valence-corrected chi connectivity index (χ1v) is 7.01. The Kier molecular flexibility index (Phi) is 5.44. The average Bonchev–Trinajstić information content (AvgIpc) is 2.51. The second kappa shape index (κ2) is 7.52. The van der Waals surface area contributed by atoms with Gasteiger partial charge in [-0.05, 0) is 24.6 Å². The van der Waals surface area contributed by atoms with Gasteiger partial charge in [-0.15, -0.1) is 0 Å². The lowest BCUT2D eigenvalue weighted by Crippen LogP contribution is -2.27. The summed E-state index contributed by atoms with van der Waals surface area (Å²) >= 11 is 0. The fourth-order valence-corrected chi connectivity index (χ4v) is 2.06. The molecule has 0 spiro atoms. The zero-order valence-corrected chi connectivity index (χ0v) is 12.3. The van der Waals surface area contributed by atoms with Gasteiger partial charge in [0.15, 0.2) is 0 Å². The molecule has 0 saturated heterocycles. The van der Waals surface area contributed by atoms with Crippen LogP contribution in [-0.4, -0.2) is 17.6 Å². The molecule has 2 rings (SSSR count). The first-order chi connectivity index (χ1) is 10.6. The molecule has 0 fully saturated rings. The molecule has 0 aliphatic carbocycles. The van der Waals surface area contributed by atoms with Crippen LogP contribution in [0.15, 0.2) is 54.6 Å². The molecule has 0 saturated carbocycles. The molecular weight excluding hydrogens is 281 g/mol. The molecule has 0 radical (unpaired) electrons. The van der Waals surface area contributed by atoms with E-state index in [0.29, 0.717) is 0 Å². The number of aryl methyl sites for hydroxylation is 1. The van der Waals surface area contributed by atoms with Gasteiger partial charge in [0.1, 0.15) is 5.82 Å². The number of amides is 1. The van der Waals surface area contributed by atoms with Crippen molar-refractivity contribution in [2.24, 2.45) is 0 Å². The van der Waals surface area contributed by atoms with E-state index in [1.165, 1.54) is 18.2 Å². The van der Waals surface area contributed by atoms with E-state index in [9.17, 15) is 14.3 Å². The smallest absolute Gasteiger partial charge is 0.244 e. The Balaban J connectivity index is 1.89. The fraction of sp³-hybridized carbons (Fsp3) is 0.167. The van der Waals surface area contributed by atoms with Gasteiger partial charge >= 0.3 is 0 Å². The summed E-state index contributed by atoms with van der Waals surface area (Å²) in [6.45, 7) is 1.93. The van der Waals surface area contributed by atoms with Crippen molar-refractivity contribution in [2.75, 3.05) is 6.54 Å². The van der Waals surface area contributed by atoms with E-state index in [1.807, 2.05) is 31.2 Å². The summed E-state index contributed by atoms with van der Waals surface area (Å²) in [7, 11) is 0. The minimum Gasteiger partial charge on any atom is -0.386 e. The van der Waals surface area contributed by atoms with Crippen LogP contribution in [0, 0.1) is 12.7 Å². The number of halogens is 1. The highest BCUT2D eigenvalue weighted by atomic mass is 19.1. The monoisotopic (exact) mass is 299 g/mol. The van der Waals surface area contributed by atoms with Gasteiger partial charge in [0.05, 0.1) is 6.10 Å². The number of benzene rings is 2. The molecule has 2 aromatic rings. The van der Waals surface area contributed by atoms with E-state index in [4.69, 9.17) is 0 Å². The zero-order valence-electron chi connectivity index (χ0n) is 12.3. The van der Waals surface area contributed by atoms with E-state index < -0.39 is 11.9 Å². The van der Waals surface area contributed by atoms with Gasteiger partial charge in [-0.25, -0.2) is 4.39 Å². The molecule has 1 unspecified atom stereocenters. The summed E-state index contributed by atoms with van der Waals surface area (Å²) in [4.78, 5) is 11.7. The normalized spacial score (nSPS) is 12.3. The van der Waals surface area contributed by atoms with Crippen LogP contribution in [0.2, 0.25) is 0 Å². The van der Waals surface area contributed by atoms with Crippen LogP contribution in [0.3, 0.4) is 0 Å². The molecule has 2 aromatic carbocycles. The molecule has 0 aromatic heterocycles. The highest BCUT2D eigenvalue weighted by Crippen LogP contribution is 2.15. The van der Waals surface area contributed by atoms with Crippen LogP contribution in [0.5, 0.6) is 0 Å². The quantitative estimate of drug-likeness (QED) is 0.834. The standard InChI is InChI=1S/C18H18FNO2/c1-13-5-4-6-14(11-13)9-10-18(22)20-12-17(21)15-7-2-3-8-16(15)19/h2-11,17,21H,12H2,1H3,(H,20,22)/b10-9+. The Hall–Kier alpha value is -2.46. The number of aliphatic hydroxyl groups is 1. The van der Waals surface area contributed by atoms with Crippen molar-refractivity contribution in [1.82, 2.24) is 5.32 Å². The minimum absolute atomic E-state index is 0.0437. The van der Waals surface area contributed by atoms with Gasteiger partial charge in [-0.2, -0.15) is 0 Å². The molecule has 22 heavy (non-hydrogen) atoms. The summed E-state index contributed by atoms with van der Waals surface area (Å²) < 4.78 is 13.5. The second-order valence-electron chi connectivity index (χ2n) is 5.03. The van der Waals surface area contributed by atoms with E-state index in [1.54, 1.807) is 18.2 Å². The van der Waals surface area contributed by atoms with Crippen LogP contribution in [0.4, 0.5) is 4.39 Å². The van der Waals surface area contributed by atoms with Crippen molar-refractivity contribution in [2.45, 2.75) is 13.0 Å². The summed E-state index contributed by atoms with van der Waals surface area (Å²) in [5, 5.41) is 12.4. The van der Waals surface area contributed by atoms with Crippen LogP contribution in [0.1, 0.15) is 22.8 Å². The third-order valence-corrected chi connectivity index (χ3v) is 3.20. The third-order valence-electron chi connectivity index (χ3n) is 3.20. The lowest BCUT2D eigenvalue weighted by molar-refractivity contribution is -0.116. The largest absolute Gasteiger partial charge is 0.386 e. The molecule has 2 N–H and O–H groups in total. The van der Waals surface area contributed by atoms with E-state index in [2.05, 4.69) is 5.32 Å². The summed E-state index contributed by atoms with van der Waals surface area (Å²) in [5.41, 5.74) is 2.20. The number of hydrogen-bond acceptors (Lipinski definition) is 2. The lowest BCUT2D eigenvalue weighted by Gasteiger charge is -2.12. The SMILES string of the molecule is Cc1cccc(/C=C/C(=O)NCC(O)c2ccccc2F)c1. The minimum atomic E-state index is -1.07. The zero-order chi connectivity index (χ0) is 15.9. The maximum atomic E-state index is 13.5. The van der Waals surface area contributed by atoms with Crippen molar-refractivity contribution in [3.63, 3.8) is 0 Å². The van der Waals surface area contributed by atoms with Gasteiger partial charge in [0.25, 0.3) is 0 Å². The molecule has 0 bridgehead atoms. The van der Waals surface area contributed by atoms with Crippen molar-refractivity contribution >= 4 is 12.0 Å². The average molecular weight is 299 g/mol. The molecule has 0 aliphatic rings. The third kappa shape index (κ3) is 4.53. The van der Waals surface area contributed by atoms with E-state index in [-0.39, 0.29) is 18.0 Å². The molecule has 0 heterocycles. The predicted octanol–water partition coefficient (Wildman–Crippen LogP) is 3.00. The second-order valence-corrected chi connectivity index (χ2v) is 5.03. The first kappa shape index (κ1) is 15.9. The van der Waals surface area contributed by atoms with Gasteiger partial charge < -0.3 is 10.4 Å². The molecule has 1 amide bonds. The maximum absolute atomic E-state index is 13.5. The van der Waals surface area contributed by atoms with Crippen molar-refractivity contribution < 1.29 is 14.3 Å². The topological polar surface area (TPSA) is 49.3 Å². The van der Waals surface area contributed by atoms with Crippen molar-refractivity contribution in [3.05, 3.63) is 77.1 Å². The van der Waals surface area contributed by atoms with Gasteiger partial charge in [-0.3, -0.25) is 4.79 Å². The number of rotatable bonds is 5. The van der Waals surface area contributed by atoms with Gasteiger partial charge in [0, 0.05) is 18.2 Å². The van der Waals surface area contributed by atoms with Crippen LogP contribution in [-0.2, 0) is 4.79 Å². The Bertz CT molecular complexity index is 682. The molecule has 3 nitrogen and oxygen atoms in total. The highest BCUT2D eigenvalue weighted by molar-refractivity contribution is 5.91. The molecule has 1 atom stereocenters. The van der Waals surface area contributed by atoms with Crippen LogP contribution >= 0.6 is 0 Å². The number of carbonyl (C=O) groups is 1. The summed E-state index contributed by atoms with van der Waals surface area (Å²) in [6, 6.07) is 13.7. The van der Waals surface area contributed by atoms with E-state index in [0.717, 1.165) is 11.1 Å². The van der Waals surface area contributed by atoms with Crippen molar-refractivity contribution in [3.8, 4) is 0 Å². The number of carbonyl (C=O) groups excluding carboxylic acids is 1. The fourth-order valence-electron chi connectivity index (χ4n) is 2.06. The van der Waals surface area contributed by atoms with Crippen LogP contribution < -0.4 is 5.32 Å². The number of hydrogen-bond donors (Lipinski definition) is 2. The molecule has 0 aliphatic heterocycles. The molecule has 4 heteroatoms. The Morgan fingerprint density at radius 3 is 2.77 bits per heavy atom. The van der Waals surface area contributed by atoms with Gasteiger partial charge in [-0.1, -0.05) is 48.0 Å². The van der Waals surface area contributed by atoms with Crippen LogP contribution in [0.25, 0.3) is 6.08 Å². The molecule has 114 valence electrons. The maximum Gasteiger partial charge on any atom is 0.244 e.